The topological polar surface area (TPSA) is 58.6 Å². The van der Waals surface area contributed by atoms with Crippen LogP contribution in [0.2, 0.25) is 0 Å². The van der Waals surface area contributed by atoms with Gasteiger partial charge in [-0.05, 0) is 72.3 Å². The fraction of sp³-hybridized carbons (Fsp3) is 0.654. The number of carbonyl (C=O) groups excluding carboxylic acids is 1. The van der Waals surface area contributed by atoms with E-state index in [1.54, 1.807) is 0 Å². The van der Waals surface area contributed by atoms with Gasteiger partial charge in [-0.15, -0.1) is 0 Å². The lowest BCUT2D eigenvalue weighted by Crippen LogP contribution is -2.38. The van der Waals surface area contributed by atoms with Crippen LogP contribution in [0.3, 0.4) is 0 Å². The Balaban J connectivity index is 1.68. The van der Waals surface area contributed by atoms with Crippen LogP contribution in [-0.4, -0.2) is 52.7 Å². The highest BCUT2D eigenvalue weighted by Crippen LogP contribution is 2.36. The minimum absolute atomic E-state index is 0.237. The van der Waals surface area contributed by atoms with Crippen LogP contribution in [0.25, 0.3) is 0 Å². The molecule has 1 aromatic heterocycles. The first-order chi connectivity index (χ1) is 15.1. The highest BCUT2D eigenvalue weighted by molar-refractivity contribution is 5.68. The number of amides is 1. The summed E-state index contributed by atoms with van der Waals surface area (Å²) in [5, 5.41) is 0. The first kappa shape index (κ1) is 22.8. The Bertz CT molecular complexity index is 920. The zero-order valence-electron chi connectivity index (χ0n) is 20.4. The molecule has 0 bridgehead atoms. The summed E-state index contributed by atoms with van der Waals surface area (Å²) in [6.07, 6.45) is 12.7. The molecule has 1 aromatic rings. The van der Waals surface area contributed by atoms with Gasteiger partial charge < -0.3 is 14.5 Å². The van der Waals surface area contributed by atoms with Crippen LogP contribution in [0.15, 0.2) is 23.8 Å². The van der Waals surface area contributed by atoms with Crippen molar-refractivity contribution in [2.45, 2.75) is 84.2 Å². The first-order valence-corrected chi connectivity index (χ1v) is 12.2. The SMILES string of the molecule is CC(C)(C)OC(=O)N1CCc2nc(C(C)(C)C3=CCCC=C3)nc(N3CCCC3)c2CC1. The van der Waals surface area contributed by atoms with Gasteiger partial charge in [-0.3, -0.25) is 0 Å². The van der Waals surface area contributed by atoms with E-state index in [1.165, 1.54) is 24.0 Å². The summed E-state index contributed by atoms with van der Waals surface area (Å²) in [7, 11) is 0. The van der Waals surface area contributed by atoms with Gasteiger partial charge in [-0.2, -0.15) is 0 Å². The van der Waals surface area contributed by atoms with Gasteiger partial charge in [0.2, 0.25) is 0 Å². The van der Waals surface area contributed by atoms with Crippen molar-refractivity contribution in [2.24, 2.45) is 0 Å². The van der Waals surface area contributed by atoms with E-state index in [1.807, 2.05) is 25.7 Å². The molecule has 2 aliphatic heterocycles. The van der Waals surface area contributed by atoms with Crippen LogP contribution in [0.5, 0.6) is 0 Å². The Labute approximate surface area is 192 Å². The van der Waals surface area contributed by atoms with Crippen molar-refractivity contribution < 1.29 is 9.53 Å². The number of aromatic nitrogens is 2. The average Bonchev–Trinajstić information content (AvgIpc) is 3.19. The van der Waals surface area contributed by atoms with Crippen LogP contribution in [0, 0.1) is 0 Å². The van der Waals surface area contributed by atoms with E-state index < -0.39 is 5.60 Å². The number of carbonyl (C=O) groups is 1. The largest absolute Gasteiger partial charge is 0.444 e. The number of rotatable bonds is 3. The monoisotopic (exact) mass is 438 g/mol. The lowest BCUT2D eigenvalue weighted by atomic mass is 9.80. The second-order valence-electron chi connectivity index (χ2n) is 10.7. The fourth-order valence-corrected chi connectivity index (χ4v) is 4.76. The van der Waals surface area contributed by atoms with Crippen molar-refractivity contribution >= 4 is 11.9 Å². The molecular weight excluding hydrogens is 400 g/mol. The summed E-state index contributed by atoms with van der Waals surface area (Å²) < 4.78 is 5.64. The molecule has 1 aliphatic carbocycles. The Morgan fingerprint density at radius 3 is 2.34 bits per heavy atom. The van der Waals surface area contributed by atoms with E-state index in [0.29, 0.717) is 13.1 Å². The van der Waals surface area contributed by atoms with E-state index in [0.717, 1.165) is 56.1 Å². The summed E-state index contributed by atoms with van der Waals surface area (Å²) in [6, 6.07) is 0. The zero-order chi connectivity index (χ0) is 22.9. The van der Waals surface area contributed by atoms with Crippen LogP contribution < -0.4 is 4.90 Å². The number of allylic oxidation sites excluding steroid dienone is 4. The molecule has 1 amide bonds. The molecule has 6 nitrogen and oxygen atoms in total. The summed E-state index contributed by atoms with van der Waals surface area (Å²) in [6.45, 7) is 13.6. The van der Waals surface area contributed by atoms with Crippen molar-refractivity contribution in [1.82, 2.24) is 14.9 Å². The summed E-state index contributed by atoms with van der Waals surface area (Å²) in [4.78, 5) is 27.3. The number of nitrogens with zero attached hydrogens (tertiary/aromatic N) is 4. The highest BCUT2D eigenvalue weighted by atomic mass is 16.6. The third-order valence-electron chi connectivity index (χ3n) is 6.65. The third kappa shape index (κ3) is 4.84. The maximum atomic E-state index is 12.7. The lowest BCUT2D eigenvalue weighted by Gasteiger charge is -2.29. The molecule has 0 aromatic carbocycles. The molecule has 3 heterocycles. The minimum atomic E-state index is -0.491. The molecule has 0 atom stereocenters. The molecule has 0 N–H and O–H groups in total. The van der Waals surface area contributed by atoms with Crippen molar-refractivity contribution in [3.63, 3.8) is 0 Å². The van der Waals surface area contributed by atoms with Crippen LogP contribution in [-0.2, 0) is 23.0 Å². The first-order valence-electron chi connectivity index (χ1n) is 12.2. The smallest absolute Gasteiger partial charge is 0.410 e. The summed E-state index contributed by atoms with van der Waals surface area (Å²) in [5.74, 6) is 1.98. The van der Waals surface area contributed by atoms with Crippen molar-refractivity contribution in [2.75, 3.05) is 31.1 Å². The summed E-state index contributed by atoms with van der Waals surface area (Å²) in [5.41, 5.74) is 2.86. The van der Waals surface area contributed by atoms with Gasteiger partial charge in [-0.25, -0.2) is 14.8 Å². The van der Waals surface area contributed by atoms with Gasteiger partial charge in [-0.1, -0.05) is 18.2 Å². The van der Waals surface area contributed by atoms with Gasteiger partial charge in [0.25, 0.3) is 0 Å². The Kier molecular flexibility index (Phi) is 6.33. The van der Waals surface area contributed by atoms with Gasteiger partial charge >= 0.3 is 6.09 Å². The Morgan fingerprint density at radius 2 is 1.69 bits per heavy atom. The third-order valence-corrected chi connectivity index (χ3v) is 6.65. The second kappa shape index (κ2) is 8.87. The predicted molar refractivity (Wildman–Crippen MR) is 128 cm³/mol. The Morgan fingerprint density at radius 1 is 0.969 bits per heavy atom. The van der Waals surface area contributed by atoms with Gasteiger partial charge in [0.1, 0.15) is 17.2 Å². The van der Waals surface area contributed by atoms with E-state index in [2.05, 4.69) is 37.0 Å². The normalized spacial score (nSPS) is 19.5. The zero-order valence-corrected chi connectivity index (χ0v) is 20.4. The molecule has 32 heavy (non-hydrogen) atoms. The number of ether oxygens (including phenoxy) is 1. The number of hydrogen-bond acceptors (Lipinski definition) is 5. The molecule has 0 radical (unpaired) electrons. The molecular formula is C26H38N4O2. The molecule has 174 valence electrons. The standard InChI is InChI=1S/C26H38N4O2/c1-25(2,3)32-24(31)30-17-13-20-21(14-18-30)27-23(28-22(20)29-15-9-10-16-29)26(4,5)19-11-7-6-8-12-19/h7,11-12H,6,8-10,13-18H2,1-5H3. The Hall–Kier alpha value is -2.37. The summed E-state index contributed by atoms with van der Waals surface area (Å²) >= 11 is 0. The molecule has 1 saturated heterocycles. The average molecular weight is 439 g/mol. The molecule has 4 rings (SSSR count). The predicted octanol–water partition coefficient (Wildman–Crippen LogP) is 4.97. The number of anilines is 1. The van der Waals surface area contributed by atoms with Crippen molar-refractivity contribution in [1.29, 1.82) is 0 Å². The van der Waals surface area contributed by atoms with Crippen molar-refractivity contribution in [3.05, 3.63) is 40.9 Å². The molecule has 6 heteroatoms. The maximum absolute atomic E-state index is 12.7. The second-order valence-corrected chi connectivity index (χ2v) is 10.7. The van der Waals surface area contributed by atoms with E-state index >= 15 is 0 Å². The van der Waals surface area contributed by atoms with Gasteiger partial charge in [0.05, 0.1) is 5.69 Å². The van der Waals surface area contributed by atoms with Crippen LogP contribution in [0.1, 0.15) is 77.4 Å². The molecule has 0 unspecified atom stereocenters. The van der Waals surface area contributed by atoms with Crippen molar-refractivity contribution in [3.8, 4) is 0 Å². The molecule has 3 aliphatic rings. The van der Waals surface area contributed by atoms with E-state index in [9.17, 15) is 4.79 Å². The van der Waals surface area contributed by atoms with Gasteiger partial charge in [0, 0.05) is 43.6 Å². The number of fused-ring (bicyclic) bond motifs is 1. The number of hydrogen-bond donors (Lipinski definition) is 0. The van der Waals surface area contributed by atoms with E-state index in [4.69, 9.17) is 14.7 Å². The molecule has 1 fully saturated rings. The molecule has 0 spiro atoms. The fourth-order valence-electron chi connectivity index (χ4n) is 4.76. The quantitative estimate of drug-likeness (QED) is 0.667. The maximum Gasteiger partial charge on any atom is 0.410 e. The highest BCUT2D eigenvalue weighted by Gasteiger charge is 2.33. The minimum Gasteiger partial charge on any atom is -0.444 e. The van der Waals surface area contributed by atoms with Crippen LogP contribution in [0.4, 0.5) is 10.6 Å². The van der Waals surface area contributed by atoms with Gasteiger partial charge in [0.15, 0.2) is 0 Å². The van der Waals surface area contributed by atoms with E-state index in [-0.39, 0.29) is 11.5 Å². The lowest BCUT2D eigenvalue weighted by molar-refractivity contribution is 0.0258. The van der Waals surface area contributed by atoms with Crippen LogP contribution >= 0.6 is 0 Å². The molecule has 0 saturated carbocycles.